The molecule has 3 N–H and O–H groups in total. The number of benzene rings is 1. The third-order valence-corrected chi connectivity index (χ3v) is 3.52. The summed E-state index contributed by atoms with van der Waals surface area (Å²) in [6.45, 7) is 4.12. The summed E-state index contributed by atoms with van der Waals surface area (Å²) >= 11 is 0. The van der Waals surface area contributed by atoms with Crippen LogP contribution in [-0.4, -0.2) is 12.1 Å². The van der Waals surface area contributed by atoms with Gasteiger partial charge in [-0.05, 0) is 54.7 Å². The topological polar surface area (TPSA) is 60.2 Å². The second-order valence-corrected chi connectivity index (χ2v) is 4.96. The molecule has 0 aliphatic heterocycles. The molecule has 0 saturated carbocycles. The van der Waals surface area contributed by atoms with Crippen molar-refractivity contribution in [3.05, 3.63) is 58.9 Å². The minimum Gasteiger partial charge on any atom is -0.496 e. The molecule has 106 valence electrons. The van der Waals surface area contributed by atoms with Crippen molar-refractivity contribution >= 4 is 0 Å². The second kappa shape index (κ2) is 6.50. The average molecular weight is 271 g/mol. The summed E-state index contributed by atoms with van der Waals surface area (Å²) in [6, 6.07) is 8.24. The molecule has 1 heterocycles. The first-order valence-electron chi connectivity index (χ1n) is 6.66. The van der Waals surface area contributed by atoms with E-state index in [0.717, 1.165) is 23.3 Å². The van der Waals surface area contributed by atoms with Crippen molar-refractivity contribution in [2.75, 3.05) is 7.11 Å². The Morgan fingerprint density at radius 1 is 1.30 bits per heavy atom. The Kier molecular flexibility index (Phi) is 4.71. The Hall–Kier alpha value is -1.91. The van der Waals surface area contributed by atoms with Gasteiger partial charge in [0, 0.05) is 12.4 Å². The first-order chi connectivity index (χ1) is 9.65. The lowest BCUT2D eigenvalue weighted by Crippen LogP contribution is -2.30. The molecule has 4 nitrogen and oxygen atoms in total. The molecule has 0 spiro atoms. The van der Waals surface area contributed by atoms with E-state index < -0.39 is 0 Å². The van der Waals surface area contributed by atoms with E-state index in [9.17, 15) is 0 Å². The highest BCUT2D eigenvalue weighted by Crippen LogP contribution is 2.28. The summed E-state index contributed by atoms with van der Waals surface area (Å²) < 4.78 is 5.35. The van der Waals surface area contributed by atoms with Gasteiger partial charge in [-0.2, -0.15) is 0 Å². The summed E-state index contributed by atoms with van der Waals surface area (Å²) in [6.07, 6.45) is 4.45. The Morgan fingerprint density at radius 2 is 2.10 bits per heavy atom. The number of hydrazine groups is 1. The number of hydrogen-bond acceptors (Lipinski definition) is 4. The summed E-state index contributed by atoms with van der Waals surface area (Å²) in [5.74, 6) is 6.65. The average Bonchev–Trinajstić information content (AvgIpc) is 2.48. The minimum absolute atomic E-state index is 0.0591. The number of rotatable bonds is 5. The lowest BCUT2D eigenvalue weighted by Gasteiger charge is -2.20. The van der Waals surface area contributed by atoms with E-state index in [1.165, 1.54) is 11.1 Å². The van der Waals surface area contributed by atoms with E-state index in [2.05, 4.69) is 35.5 Å². The van der Waals surface area contributed by atoms with Crippen molar-refractivity contribution in [2.45, 2.75) is 26.3 Å². The van der Waals surface area contributed by atoms with Crippen LogP contribution in [0.3, 0.4) is 0 Å². The molecule has 4 heteroatoms. The van der Waals surface area contributed by atoms with Crippen LogP contribution in [-0.2, 0) is 6.42 Å². The summed E-state index contributed by atoms with van der Waals surface area (Å²) in [5.41, 5.74) is 7.53. The third-order valence-electron chi connectivity index (χ3n) is 3.52. The molecule has 0 bridgehead atoms. The fourth-order valence-electron chi connectivity index (χ4n) is 2.42. The van der Waals surface area contributed by atoms with Crippen molar-refractivity contribution in [3.63, 3.8) is 0 Å². The van der Waals surface area contributed by atoms with E-state index in [1.807, 2.05) is 19.2 Å². The van der Waals surface area contributed by atoms with Crippen LogP contribution >= 0.6 is 0 Å². The zero-order chi connectivity index (χ0) is 14.5. The lowest BCUT2D eigenvalue weighted by molar-refractivity contribution is 0.410. The van der Waals surface area contributed by atoms with Crippen LogP contribution in [0.15, 0.2) is 36.7 Å². The number of nitrogens with two attached hydrogens (primary N) is 1. The first-order valence-corrected chi connectivity index (χ1v) is 6.66. The Balaban J connectivity index is 2.30. The van der Waals surface area contributed by atoms with Gasteiger partial charge in [-0.15, -0.1) is 0 Å². The predicted octanol–water partition coefficient (Wildman–Crippen LogP) is 2.45. The fraction of sp³-hybridized carbons (Fsp3) is 0.312. The van der Waals surface area contributed by atoms with Gasteiger partial charge in [-0.25, -0.2) is 0 Å². The number of ether oxygens (including phenoxy) is 1. The maximum absolute atomic E-state index is 5.74. The normalized spacial score (nSPS) is 12.2. The van der Waals surface area contributed by atoms with Crippen LogP contribution in [0.5, 0.6) is 5.75 Å². The number of pyridine rings is 1. The molecule has 0 saturated heterocycles. The smallest absolute Gasteiger partial charge is 0.122 e. The molecule has 0 aliphatic carbocycles. The molecular weight excluding hydrogens is 250 g/mol. The van der Waals surface area contributed by atoms with Crippen LogP contribution in [0, 0.1) is 13.8 Å². The molecule has 0 radical (unpaired) electrons. The number of hydrogen-bond donors (Lipinski definition) is 2. The summed E-state index contributed by atoms with van der Waals surface area (Å²) in [7, 11) is 1.69. The number of nitrogens with zero attached hydrogens (tertiary/aromatic N) is 1. The van der Waals surface area contributed by atoms with Crippen LogP contribution in [0.1, 0.15) is 28.3 Å². The largest absolute Gasteiger partial charge is 0.496 e. The van der Waals surface area contributed by atoms with Crippen LogP contribution < -0.4 is 16.0 Å². The SMILES string of the molecule is COc1cc(C)c(C(Cc2cccnc2)NN)cc1C. The van der Waals surface area contributed by atoms with Crippen LogP contribution in [0.4, 0.5) is 0 Å². The second-order valence-electron chi connectivity index (χ2n) is 4.96. The van der Waals surface area contributed by atoms with Gasteiger partial charge in [-0.3, -0.25) is 16.3 Å². The third kappa shape index (κ3) is 3.15. The van der Waals surface area contributed by atoms with E-state index in [1.54, 1.807) is 13.3 Å². The lowest BCUT2D eigenvalue weighted by atomic mass is 9.94. The van der Waals surface area contributed by atoms with E-state index in [-0.39, 0.29) is 6.04 Å². The van der Waals surface area contributed by atoms with Gasteiger partial charge in [0.2, 0.25) is 0 Å². The molecular formula is C16H21N3O. The molecule has 1 atom stereocenters. The summed E-state index contributed by atoms with van der Waals surface area (Å²) in [4.78, 5) is 4.14. The maximum Gasteiger partial charge on any atom is 0.122 e. The summed E-state index contributed by atoms with van der Waals surface area (Å²) in [5, 5.41) is 0. The van der Waals surface area contributed by atoms with Gasteiger partial charge < -0.3 is 4.74 Å². The Labute approximate surface area is 120 Å². The molecule has 1 aromatic carbocycles. The zero-order valence-electron chi connectivity index (χ0n) is 12.2. The number of nitrogens with one attached hydrogen (secondary N) is 1. The monoisotopic (exact) mass is 271 g/mol. The number of aryl methyl sites for hydroxylation is 2. The van der Waals surface area contributed by atoms with Gasteiger partial charge in [0.1, 0.15) is 5.75 Å². The van der Waals surface area contributed by atoms with E-state index in [0.29, 0.717) is 0 Å². The molecule has 2 rings (SSSR count). The highest BCUT2D eigenvalue weighted by molar-refractivity contribution is 5.43. The van der Waals surface area contributed by atoms with Gasteiger partial charge >= 0.3 is 0 Å². The van der Waals surface area contributed by atoms with Crippen LogP contribution in [0.2, 0.25) is 0 Å². The maximum atomic E-state index is 5.74. The highest BCUT2D eigenvalue weighted by atomic mass is 16.5. The van der Waals surface area contributed by atoms with Gasteiger partial charge in [0.15, 0.2) is 0 Å². The molecule has 2 aromatic rings. The molecule has 1 aromatic heterocycles. The number of aromatic nitrogens is 1. The molecule has 0 amide bonds. The van der Waals surface area contributed by atoms with Crippen molar-refractivity contribution in [1.82, 2.24) is 10.4 Å². The van der Waals surface area contributed by atoms with Crippen molar-refractivity contribution < 1.29 is 4.74 Å². The Morgan fingerprint density at radius 3 is 2.70 bits per heavy atom. The standard InChI is InChI=1S/C16H21N3O/c1-11-8-16(20-3)12(2)7-14(11)15(19-17)9-13-5-4-6-18-10-13/h4-8,10,15,19H,9,17H2,1-3H3. The fourth-order valence-corrected chi connectivity index (χ4v) is 2.42. The molecule has 0 aliphatic rings. The van der Waals surface area contributed by atoms with Crippen molar-refractivity contribution in [1.29, 1.82) is 0 Å². The van der Waals surface area contributed by atoms with Gasteiger partial charge in [-0.1, -0.05) is 12.1 Å². The molecule has 20 heavy (non-hydrogen) atoms. The van der Waals surface area contributed by atoms with E-state index in [4.69, 9.17) is 10.6 Å². The van der Waals surface area contributed by atoms with Crippen molar-refractivity contribution in [3.8, 4) is 5.75 Å². The van der Waals surface area contributed by atoms with Crippen LogP contribution in [0.25, 0.3) is 0 Å². The molecule has 1 unspecified atom stereocenters. The van der Waals surface area contributed by atoms with Crippen molar-refractivity contribution in [2.24, 2.45) is 5.84 Å². The Bertz CT molecular complexity index is 569. The van der Waals surface area contributed by atoms with Gasteiger partial charge in [0.25, 0.3) is 0 Å². The van der Waals surface area contributed by atoms with Gasteiger partial charge in [0.05, 0.1) is 13.2 Å². The first kappa shape index (κ1) is 14.5. The van der Waals surface area contributed by atoms with E-state index >= 15 is 0 Å². The quantitative estimate of drug-likeness (QED) is 0.648. The predicted molar refractivity (Wildman–Crippen MR) is 80.5 cm³/mol. The number of methoxy groups -OCH3 is 1. The zero-order valence-corrected chi connectivity index (χ0v) is 12.2. The minimum atomic E-state index is 0.0591. The highest BCUT2D eigenvalue weighted by Gasteiger charge is 2.15. The molecule has 0 fully saturated rings.